The number of nitrogens with two attached hydrogens (primary N) is 1. The maximum absolute atomic E-state index is 12.2. The van der Waals surface area contributed by atoms with Crippen LogP contribution in [0.2, 0.25) is 0 Å². The number of hydrogen-bond donors (Lipinski definition) is 5. The predicted molar refractivity (Wildman–Crippen MR) is 114 cm³/mol. The van der Waals surface area contributed by atoms with Crippen LogP contribution in [-0.4, -0.2) is 93.3 Å². The van der Waals surface area contributed by atoms with Crippen molar-refractivity contribution in [2.24, 2.45) is 11.1 Å². The maximum atomic E-state index is 12.2. The lowest BCUT2D eigenvalue weighted by atomic mass is 9.90. The average Bonchev–Trinajstić information content (AvgIpc) is 2.77. The molecule has 0 heterocycles. The summed E-state index contributed by atoms with van der Waals surface area (Å²) in [5, 5.41) is 9.61. The molecule has 0 spiro atoms. The highest BCUT2D eigenvalue weighted by molar-refractivity contribution is 5.92. The molecule has 6 N–H and O–H groups in total. The zero-order valence-electron chi connectivity index (χ0n) is 19.0. The first-order valence-corrected chi connectivity index (χ1v) is 10.1. The van der Waals surface area contributed by atoms with Crippen molar-refractivity contribution in [3.8, 4) is 0 Å². The second kappa shape index (κ2) is 14.7. The Kier molecular flexibility index (Phi) is 13.2. The molecule has 0 bridgehead atoms. The molecule has 5 amide bonds. The number of nitrogens with zero attached hydrogens (tertiary/aromatic N) is 1. The number of amides is 5. The fraction of sp³-hybridized carbons (Fsp3) is 0.684. The van der Waals surface area contributed by atoms with Crippen LogP contribution >= 0.6 is 0 Å². The molecule has 182 valence electrons. The SMILES string of the molecule is CCC(C)(C)CNC(=O)CNC(=O)CNC(=O)CN(CC(=O)OC)C(=O)CNC(=O)CN. The van der Waals surface area contributed by atoms with E-state index in [2.05, 4.69) is 26.0 Å². The van der Waals surface area contributed by atoms with E-state index in [1.807, 2.05) is 20.8 Å². The number of methoxy groups -OCH3 is 1. The van der Waals surface area contributed by atoms with Crippen LogP contribution in [0.4, 0.5) is 0 Å². The normalized spacial score (nSPS) is 10.5. The summed E-state index contributed by atoms with van der Waals surface area (Å²) in [4.78, 5) is 71.4. The predicted octanol–water partition coefficient (Wildman–Crippen LogP) is -3.15. The fourth-order valence-corrected chi connectivity index (χ4v) is 1.99. The molecule has 0 aromatic carbocycles. The molecule has 0 aliphatic heterocycles. The first kappa shape index (κ1) is 28.8. The summed E-state index contributed by atoms with van der Waals surface area (Å²) >= 11 is 0. The molecule has 0 saturated heterocycles. The summed E-state index contributed by atoms with van der Waals surface area (Å²) in [6, 6.07) is 0. The van der Waals surface area contributed by atoms with Gasteiger partial charge in [0.15, 0.2) is 0 Å². The highest BCUT2D eigenvalue weighted by atomic mass is 16.5. The third kappa shape index (κ3) is 13.2. The summed E-state index contributed by atoms with van der Waals surface area (Å²) in [6.45, 7) is 3.92. The molecule has 0 rings (SSSR count). The second-order valence-electron chi connectivity index (χ2n) is 7.65. The van der Waals surface area contributed by atoms with E-state index < -0.39 is 55.8 Å². The summed E-state index contributed by atoms with van der Waals surface area (Å²) in [5.74, 6) is -3.77. The molecule has 0 aliphatic carbocycles. The highest BCUT2D eigenvalue weighted by Crippen LogP contribution is 2.17. The quantitative estimate of drug-likeness (QED) is 0.169. The van der Waals surface area contributed by atoms with Crippen molar-refractivity contribution in [2.45, 2.75) is 27.2 Å². The van der Waals surface area contributed by atoms with Crippen molar-refractivity contribution in [1.82, 2.24) is 26.2 Å². The monoisotopic (exact) mass is 458 g/mol. The van der Waals surface area contributed by atoms with Crippen molar-refractivity contribution in [2.75, 3.05) is 52.9 Å². The van der Waals surface area contributed by atoms with Crippen LogP contribution in [0.15, 0.2) is 0 Å². The molecule has 0 fully saturated rings. The third-order valence-corrected chi connectivity index (χ3v) is 4.47. The Bertz CT molecular complexity index is 696. The Hall–Kier alpha value is -3.22. The van der Waals surface area contributed by atoms with E-state index in [4.69, 9.17) is 5.73 Å². The molecule has 0 saturated carbocycles. The van der Waals surface area contributed by atoms with E-state index in [9.17, 15) is 28.8 Å². The van der Waals surface area contributed by atoms with Gasteiger partial charge in [0.25, 0.3) is 0 Å². The van der Waals surface area contributed by atoms with Gasteiger partial charge in [-0.25, -0.2) is 0 Å². The Morgan fingerprint density at radius 1 is 0.812 bits per heavy atom. The van der Waals surface area contributed by atoms with Crippen LogP contribution in [0.1, 0.15) is 27.2 Å². The van der Waals surface area contributed by atoms with Crippen LogP contribution in [0, 0.1) is 5.41 Å². The average molecular weight is 459 g/mol. The Balaban J connectivity index is 4.51. The summed E-state index contributed by atoms with van der Waals surface area (Å²) in [6.07, 6.45) is 0.876. The molecule has 0 aliphatic rings. The van der Waals surface area contributed by atoms with Crippen molar-refractivity contribution in [1.29, 1.82) is 0 Å². The van der Waals surface area contributed by atoms with Gasteiger partial charge in [0.2, 0.25) is 29.5 Å². The molecule has 32 heavy (non-hydrogen) atoms. The number of hydrogen-bond acceptors (Lipinski definition) is 8. The molecule has 0 radical (unpaired) electrons. The summed E-state index contributed by atoms with van der Waals surface area (Å²) < 4.78 is 4.49. The van der Waals surface area contributed by atoms with Gasteiger partial charge in [-0.05, 0) is 11.8 Å². The number of ether oxygens (including phenoxy) is 1. The lowest BCUT2D eigenvalue weighted by Crippen LogP contribution is -2.49. The van der Waals surface area contributed by atoms with Crippen LogP contribution in [0.3, 0.4) is 0 Å². The molecule has 0 aromatic rings. The van der Waals surface area contributed by atoms with Gasteiger partial charge >= 0.3 is 5.97 Å². The number of carbonyl (C=O) groups is 6. The van der Waals surface area contributed by atoms with E-state index in [-0.39, 0.29) is 24.4 Å². The minimum Gasteiger partial charge on any atom is -0.468 e. The maximum Gasteiger partial charge on any atom is 0.325 e. The van der Waals surface area contributed by atoms with E-state index in [0.29, 0.717) is 6.54 Å². The zero-order valence-corrected chi connectivity index (χ0v) is 19.0. The fourth-order valence-electron chi connectivity index (χ4n) is 1.99. The summed E-state index contributed by atoms with van der Waals surface area (Å²) in [5.41, 5.74) is 5.07. The molecular weight excluding hydrogens is 424 g/mol. The van der Waals surface area contributed by atoms with Crippen molar-refractivity contribution in [3.05, 3.63) is 0 Å². The van der Waals surface area contributed by atoms with Gasteiger partial charge in [-0.15, -0.1) is 0 Å². The van der Waals surface area contributed by atoms with E-state index in [0.717, 1.165) is 18.4 Å². The molecule has 13 heteroatoms. The minimum absolute atomic E-state index is 0.0612. The molecule has 0 unspecified atom stereocenters. The van der Waals surface area contributed by atoms with E-state index >= 15 is 0 Å². The molecule has 13 nitrogen and oxygen atoms in total. The smallest absolute Gasteiger partial charge is 0.325 e. The second-order valence-corrected chi connectivity index (χ2v) is 7.65. The van der Waals surface area contributed by atoms with Crippen molar-refractivity contribution in [3.63, 3.8) is 0 Å². The standard InChI is InChI=1S/C19H34N6O7/c1-5-19(2,3)12-24-15(28)8-21-14(27)7-22-16(29)10-25(11-18(31)32-4)17(30)9-23-13(26)6-20/h5-12,20H2,1-4H3,(H,21,27)(H,22,29)(H,23,26)(H,24,28). The Labute approximate surface area is 187 Å². The zero-order chi connectivity index (χ0) is 24.7. The van der Waals surface area contributed by atoms with Crippen molar-refractivity contribution >= 4 is 35.5 Å². The van der Waals surface area contributed by atoms with Crippen LogP contribution in [0.25, 0.3) is 0 Å². The van der Waals surface area contributed by atoms with Gasteiger partial charge in [0.1, 0.15) is 13.1 Å². The van der Waals surface area contributed by atoms with Crippen LogP contribution in [0.5, 0.6) is 0 Å². The summed E-state index contributed by atoms with van der Waals surface area (Å²) in [7, 11) is 1.12. The minimum atomic E-state index is -0.772. The number of nitrogens with one attached hydrogen (secondary N) is 4. The van der Waals surface area contributed by atoms with E-state index in [1.165, 1.54) is 0 Å². The largest absolute Gasteiger partial charge is 0.468 e. The van der Waals surface area contributed by atoms with Gasteiger partial charge in [-0.2, -0.15) is 0 Å². The van der Waals surface area contributed by atoms with Crippen LogP contribution in [-0.2, 0) is 33.5 Å². The molecule has 0 aromatic heterocycles. The Morgan fingerprint density at radius 3 is 1.88 bits per heavy atom. The van der Waals surface area contributed by atoms with Gasteiger partial charge in [-0.3, -0.25) is 28.8 Å². The lowest BCUT2D eigenvalue weighted by molar-refractivity contribution is -0.148. The first-order chi connectivity index (χ1) is 14.9. The van der Waals surface area contributed by atoms with Crippen LogP contribution < -0.4 is 27.0 Å². The van der Waals surface area contributed by atoms with E-state index in [1.54, 1.807) is 0 Å². The van der Waals surface area contributed by atoms with Crippen molar-refractivity contribution < 1.29 is 33.5 Å². The van der Waals surface area contributed by atoms with Gasteiger partial charge in [0, 0.05) is 6.54 Å². The highest BCUT2D eigenvalue weighted by Gasteiger charge is 2.21. The lowest BCUT2D eigenvalue weighted by Gasteiger charge is -2.22. The number of rotatable bonds is 14. The third-order valence-electron chi connectivity index (χ3n) is 4.47. The van der Waals surface area contributed by atoms with Gasteiger partial charge < -0.3 is 36.6 Å². The first-order valence-electron chi connectivity index (χ1n) is 10.1. The molecule has 0 atom stereocenters. The topological polar surface area (TPSA) is 189 Å². The Morgan fingerprint density at radius 2 is 1.34 bits per heavy atom. The molecular formula is C19H34N6O7. The van der Waals surface area contributed by atoms with Gasteiger partial charge in [-0.1, -0.05) is 20.8 Å². The number of carbonyl (C=O) groups excluding carboxylic acids is 6. The van der Waals surface area contributed by atoms with Gasteiger partial charge in [0.05, 0.1) is 33.3 Å². The number of esters is 1.